The summed E-state index contributed by atoms with van der Waals surface area (Å²) in [6, 6.07) is 0.649. The summed E-state index contributed by atoms with van der Waals surface area (Å²) in [4.78, 5) is 25.2. The minimum atomic E-state index is 0.188. The Hall–Kier alpha value is -2.18. The number of likely N-dealkylation sites (tertiary alicyclic amines) is 1. The number of amides is 1. The predicted molar refractivity (Wildman–Crippen MR) is 87.1 cm³/mol. The molecular formula is C16H22N6O. The van der Waals surface area contributed by atoms with E-state index in [1.807, 2.05) is 18.1 Å². The van der Waals surface area contributed by atoms with Gasteiger partial charge in [-0.1, -0.05) is 0 Å². The minimum absolute atomic E-state index is 0.188. The van der Waals surface area contributed by atoms with E-state index in [2.05, 4.69) is 20.0 Å². The molecular weight excluding hydrogens is 292 g/mol. The Morgan fingerprint density at radius 1 is 1.17 bits per heavy atom. The van der Waals surface area contributed by atoms with Gasteiger partial charge in [0.15, 0.2) is 5.65 Å². The van der Waals surface area contributed by atoms with Crippen LogP contribution in [0.25, 0.3) is 11.0 Å². The highest BCUT2D eigenvalue weighted by Crippen LogP contribution is 2.35. The third-order valence-electron chi connectivity index (χ3n) is 5.23. The Kier molecular flexibility index (Phi) is 3.43. The van der Waals surface area contributed by atoms with Crippen molar-refractivity contribution in [3.8, 4) is 0 Å². The average molecular weight is 314 g/mol. The molecule has 23 heavy (non-hydrogen) atoms. The molecule has 4 rings (SSSR count). The van der Waals surface area contributed by atoms with Gasteiger partial charge in [-0.15, -0.1) is 0 Å². The number of aryl methyl sites for hydroxylation is 1. The molecule has 0 aliphatic carbocycles. The topological polar surface area (TPSA) is 67.2 Å². The SMILES string of the molecule is CC(=O)N1CCCC1C1CCCN1c1ncnc2c1cnn2C. The summed E-state index contributed by atoms with van der Waals surface area (Å²) in [5, 5.41) is 5.31. The fourth-order valence-electron chi connectivity index (χ4n) is 4.22. The van der Waals surface area contributed by atoms with Gasteiger partial charge < -0.3 is 9.80 Å². The lowest BCUT2D eigenvalue weighted by Gasteiger charge is -2.35. The summed E-state index contributed by atoms with van der Waals surface area (Å²) in [7, 11) is 1.90. The van der Waals surface area contributed by atoms with Crippen molar-refractivity contribution in [1.29, 1.82) is 0 Å². The van der Waals surface area contributed by atoms with Crippen LogP contribution in [0.3, 0.4) is 0 Å². The second kappa shape index (κ2) is 5.47. The predicted octanol–water partition coefficient (Wildman–Crippen LogP) is 1.34. The normalized spacial score (nSPS) is 24.8. The van der Waals surface area contributed by atoms with Crippen LogP contribution in [-0.2, 0) is 11.8 Å². The average Bonchev–Trinajstić information content (AvgIpc) is 3.25. The van der Waals surface area contributed by atoms with Crippen LogP contribution in [0, 0.1) is 0 Å². The van der Waals surface area contributed by atoms with Gasteiger partial charge >= 0.3 is 0 Å². The first-order chi connectivity index (χ1) is 11.2. The van der Waals surface area contributed by atoms with Gasteiger partial charge in [0.1, 0.15) is 12.1 Å². The van der Waals surface area contributed by atoms with Crippen molar-refractivity contribution < 1.29 is 4.79 Å². The molecule has 0 aromatic carbocycles. The van der Waals surface area contributed by atoms with Crippen LogP contribution >= 0.6 is 0 Å². The zero-order valence-electron chi connectivity index (χ0n) is 13.6. The number of fused-ring (bicyclic) bond motifs is 1. The molecule has 2 unspecified atom stereocenters. The smallest absolute Gasteiger partial charge is 0.219 e. The Bertz CT molecular complexity index is 741. The van der Waals surface area contributed by atoms with Gasteiger partial charge in [0.25, 0.3) is 0 Å². The highest BCUT2D eigenvalue weighted by molar-refractivity contribution is 5.87. The minimum Gasteiger partial charge on any atom is -0.351 e. The quantitative estimate of drug-likeness (QED) is 0.837. The van der Waals surface area contributed by atoms with E-state index in [1.165, 1.54) is 0 Å². The maximum Gasteiger partial charge on any atom is 0.219 e. The molecule has 0 spiro atoms. The zero-order chi connectivity index (χ0) is 16.0. The number of carbonyl (C=O) groups is 1. The third kappa shape index (κ3) is 2.26. The molecule has 0 N–H and O–H groups in total. The van der Waals surface area contributed by atoms with Gasteiger partial charge in [-0.25, -0.2) is 9.97 Å². The zero-order valence-corrected chi connectivity index (χ0v) is 13.6. The number of aromatic nitrogens is 4. The molecule has 2 fully saturated rings. The van der Waals surface area contributed by atoms with Crippen molar-refractivity contribution in [2.45, 2.75) is 44.7 Å². The van der Waals surface area contributed by atoms with Crippen LogP contribution in [-0.4, -0.2) is 55.7 Å². The number of hydrogen-bond acceptors (Lipinski definition) is 5. The van der Waals surface area contributed by atoms with Crippen LogP contribution in [0.2, 0.25) is 0 Å². The molecule has 2 atom stereocenters. The Morgan fingerprint density at radius 2 is 1.96 bits per heavy atom. The van der Waals surface area contributed by atoms with Gasteiger partial charge in [-0.3, -0.25) is 9.48 Å². The lowest BCUT2D eigenvalue weighted by atomic mass is 10.0. The van der Waals surface area contributed by atoms with Crippen LogP contribution in [0.4, 0.5) is 5.82 Å². The molecule has 122 valence electrons. The van der Waals surface area contributed by atoms with Crippen molar-refractivity contribution in [3.63, 3.8) is 0 Å². The van der Waals surface area contributed by atoms with Gasteiger partial charge in [0.2, 0.25) is 5.91 Å². The number of anilines is 1. The molecule has 2 saturated heterocycles. The molecule has 1 amide bonds. The van der Waals surface area contributed by atoms with E-state index in [1.54, 1.807) is 17.9 Å². The van der Waals surface area contributed by atoms with Gasteiger partial charge in [-0.2, -0.15) is 5.10 Å². The maximum absolute atomic E-state index is 11.9. The molecule has 0 saturated carbocycles. The first-order valence-electron chi connectivity index (χ1n) is 8.33. The van der Waals surface area contributed by atoms with Gasteiger partial charge in [0, 0.05) is 27.1 Å². The molecule has 2 aromatic heterocycles. The second-order valence-corrected chi connectivity index (χ2v) is 6.53. The molecule has 2 aromatic rings. The van der Waals surface area contributed by atoms with Crippen LogP contribution < -0.4 is 4.90 Å². The molecule has 7 heteroatoms. The monoisotopic (exact) mass is 314 g/mol. The summed E-state index contributed by atoms with van der Waals surface area (Å²) < 4.78 is 1.78. The number of nitrogens with zero attached hydrogens (tertiary/aromatic N) is 6. The number of rotatable bonds is 2. The molecule has 0 radical (unpaired) electrons. The van der Waals surface area contributed by atoms with Gasteiger partial charge in [0.05, 0.1) is 23.7 Å². The second-order valence-electron chi connectivity index (χ2n) is 6.53. The molecule has 0 bridgehead atoms. The molecule has 2 aliphatic rings. The Morgan fingerprint density at radius 3 is 2.78 bits per heavy atom. The van der Waals surface area contributed by atoms with E-state index in [-0.39, 0.29) is 5.91 Å². The third-order valence-corrected chi connectivity index (χ3v) is 5.23. The van der Waals surface area contributed by atoms with Gasteiger partial charge in [-0.05, 0) is 25.7 Å². The first-order valence-corrected chi connectivity index (χ1v) is 8.33. The van der Waals surface area contributed by atoms with Crippen molar-refractivity contribution in [1.82, 2.24) is 24.6 Å². The molecule has 4 heterocycles. The fraction of sp³-hybridized carbons (Fsp3) is 0.625. The largest absolute Gasteiger partial charge is 0.351 e. The highest BCUT2D eigenvalue weighted by atomic mass is 16.2. The summed E-state index contributed by atoms with van der Waals surface area (Å²) in [5.74, 6) is 1.15. The van der Waals surface area contributed by atoms with E-state index in [4.69, 9.17) is 0 Å². The van der Waals surface area contributed by atoms with E-state index in [0.717, 1.165) is 55.6 Å². The van der Waals surface area contributed by atoms with Crippen LogP contribution in [0.15, 0.2) is 12.5 Å². The van der Waals surface area contributed by atoms with Crippen molar-refractivity contribution in [2.24, 2.45) is 7.05 Å². The van der Waals surface area contributed by atoms with E-state index in [9.17, 15) is 4.79 Å². The number of hydrogen-bond donors (Lipinski definition) is 0. The molecule has 7 nitrogen and oxygen atoms in total. The lowest BCUT2D eigenvalue weighted by molar-refractivity contribution is -0.129. The summed E-state index contributed by atoms with van der Waals surface area (Å²) in [6.07, 6.45) is 7.89. The Labute approximate surface area is 135 Å². The number of carbonyl (C=O) groups excluding carboxylic acids is 1. The lowest BCUT2D eigenvalue weighted by Crippen LogP contribution is -2.48. The van der Waals surface area contributed by atoms with Crippen LogP contribution in [0.5, 0.6) is 0 Å². The van der Waals surface area contributed by atoms with Crippen molar-refractivity contribution >= 4 is 22.8 Å². The standard InChI is InChI=1S/C16H22N6O/c1-11(23)21-7-3-5-13(21)14-6-4-8-22(14)16-12-9-19-20(2)15(12)17-10-18-16/h9-10,13-14H,3-8H2,1-2H3. The van der Waals surface area contributed by atoms with E-state index >= 15 is 0 Å². The first kappa shape index (κ1) is 14.4. The van der Waals surface area contributed by atoms with Crippen molar-refractivity contribution in [2.75, 3.05) is 18.0 Å². The maximum atomic E-state index is 11.9. The van der Waals surface area contributed by atoms with Crippen molar-refractivity contribution in [3.05, 3.63) is 12.5 Å². The fourth-order valence-corrected chi connectivity index (χ4v) is 4.22. The summed E-state index contributed by atoms with van der Waals surface area (Å²) >= 11 is 0. The van der Waals surface area contributed by atoms with E-state index in [0.29, 0.717) is 12.1 Å². The molecule has 2 aliphatic heterocycles. The highest BCUT2D eigenvalue weighted by Gasteiger charge is 2.39. The Balaban J connectivity index is 1.71. The van der Waals surface area contributed by atoms with Crippen LogP contribution in [0.1, 0.15) is 32.6 Å². The van der Waals surface area contributed by atoms with E-state index < -0.39 is 0 Å². The summed E-state index contributed by atoms with van der Waals surface area (Å²) in [6.45, 7) is 3.55. The summed E-state index contributed by atoms with van der Waals surface area (Å²) in [5.41, 5.74) is 0.857.